The lowest BCUT2D eigenvalue weighted by atomic mass is 10.0. The van der Waals surface area contributed by atoms with Gasteiger partial charge in [-0.15, -0.1) is 0 Å². The first-order valence-corrected chi connectivity index (χ1v) is 5.58. The minimum Gasteiger partial charge on any atom is -0.496 e. The van der Waals surface area contributed by atoms with Gasteiger partial charge in [0.05, 0.1) is 19.8 Å². The van der Waals surface area contributed by atoms with Crippen LogP contribution in [0.1, 0.15) is 24.1 Å². The predicted molar refractivity (Wildman–Crippen MR) is 65.9 cm³/mol. The molecule has 0 spiro atoms. The van der Waals surface area contributed by atoms with E-state index < -0.39 is 0 Å². The minimum absolute atomic E-state index is 0.0125. The Morgan fingerprint density at radius 1 is 1.38 bits per heavy atom. The van der Waals surface area contributed by atoms with Gasteiger partial charge in [-0.2, -0.15) is 0 Å². The highest BCUT2D eigenvalue weighted by Crippen LogP contribution is 2.29. The average molecular weight is 223 g/mol. The third-order valence-electron chi connectivity index (χ3n) is 2.86. The second-order valence-electron chi connectivity index (χ2n) is 4.09. The van der Waals surface area contributed by atoms with Crippen molar-refractivity contribution in [3.63, 3.8) is 0 Å². The van der Waals surface area contributed by atoms with Crippen molar-refractivity contribution >= 4 is 0 Å². The van der Waals surface area contributed by atoms with Crippen LogP contribution in [0.15, 0.2) is 18.2 Å². The van der Waals surface area contributed by atoms with E-state index in [0.29, 0.717) is 0 Å². The molecule has 1 aromatic rings. The summed E-state index contributed by atoms with van der Waals surface area (Å²) in [6, 6.07) is 6.13. The molecule has 0 aromatic heterocycles. The lowest BCUT2D eigenvalue weighted by Gasteiger charge is -2.24. The van der Waals surface area contributed by atoms with Gasteiger partial charge in [-0.05, 0) is 32.1 Å². The Hall–Kier alpha value is -1.06. The van der Waals surface area contributed by atoms with Gasteiger partial charge in [0.2, 0.25) is 0 Å². The fraction of sp³-hybridized carbons (Fsp3) is 0.538. The Bertz CT molecular complexity index is 337. The summed E-state index contributed by atoms with van der Waals surface area (Å²) in [5.41, 5.74) is 2.31. The van der Waals surface area contributed by atoms with Crippen molar-refractivity contribution < 1.29 is 9.84 Å². The van der Waals surface area contributed by atoms with Crippen LogP contribution in [-0.4, -0.2) is 37.8 Å². The molecule has 1 atom stereocenters. The summed E-state index contributed by atoms with van der Waals surface area (Å²) in [7, 11) is 5.58. The molecule has 90 valence electrons. The van der Waals surface area contributed by atoms with Crippen LogP contribution in [0.4, 0.5) is 0 Å². The van der Waals surface area contributed by atoms with Gasteiger partial charge in [-0.25, -0.2) is 0 Å². The summed E-state index contributed by atoms with van der Waals surface area (Å²) in [5, 5.41) is 9.44. The molecule has 3 heteroatoms. The second-order valence-corrected chi connectivity index (χ2v) is 4.09. The topological polar surface area (TPSA) is 32.7 Å². The van der Waals surface area contributed by atoms with Crippen LogP contribution in [-0.2, 0) is 6.42 Å². The van der Waals surface area contributed by atoms with Gasteiger partial charge in [-0.3, -0.25) is 0 Å². The van der Waals surface area contributed by atoms with Crippen molar-refractivity contribution in [2.45, 2.75) is 19.4 Å². The summed E-state index contributed by atoms with van der Waals surface area (Å²) in [6.07, 6.45) is 0.989. The smallest absolute Gasteiger partial charge is 0.123 e. The fourth-order valence-corrected chi connectivity index (χ4v) is 1.80. The van der Waals surface area contributed by atoms with E-state index >= 15 is 0 Å². The zero-order valence-electron chi connectivity index (χ0n) is 10.5. The molecule has 0 aliphatic rings. The molecule has 1 N–H and O–H groups in total. The third-order valence-corrected chi connectivity index (χ3v) is 2.86. The second kappa shape index (κ2) is 5.87. The number of nitrogens with zero attached hydrogens (tertiary/aromatic N) is 1. The maximum Gasteiger partial charge on any atom is 0.123 e. The molecule has 16 heavy (non-hydrogen) atoms. The van der Waals surface area contributed by atoms with E-state index in [1.54, 1.807) is 7.11 Å². The van der Waals surface area contributed by atoms with Gasteiger partial charge in [0.1, 0.15) is 5.75 Å². The van der Waals surface area contributed by atoms with E-state index in [0.717, 1.165) is 17.7 Å². The maximum absolute atomic E-state index is 9.44. The number of aliphatic hydroxyl groups is 1. The SMILES string of the molecule is CCc1ccc(OC)c(C(CO)N(C)C)c1. The number of hydrogen-bond donors (Lipinski definition) is 1. The van der Waals surface area contributed by atoms with Crippen molar-refractivity contribution in [3.05, 3.63) is 29.3 Å². The summed E-state index contributed by atoms with van der Waals surface area (Å²) < 4.78 is 5.34. The van der Waals surface area contributed by atoms with E-state index in [-0.39, 0.29) is 12.6 Å². The Kier molecular flexibility index (Phi) is 4.77. The number of benzene rings is 1. The van der Waals surface area contributed by atoms with Crippen LogP contribution >= 0.6 is 0 Å². The van der Waals surface area contributed by atoms with Crippen LogP contribution in [0.3, 0.4) is 0 Å². The Labute approximate surface area is 97.7 Å². The summed E-state index contributed by atoms with van der Waals surface area (Å²) in [6.45, 7) is 2.21. The van der Waals surface area contributed by atoms with Crippen molar-refractivity contribution in [3.8, 4) is 5.75 Å². The van der Waals surface area contributed by atoms with Crippen LogP contribution in [0, 0.1) is 0 Å². The van der Waals surface area contributed by atoms with E-state index in [1.165, 1.54) is 5.56 Å². The van der Waals surface area contributed by atoms with Crippen LogP contribution in [0.25, 0.3) is 0 Å². The zero-order valence-corrected chi connectivity index (χ0v) is 10.5. The molecule has 1 unspecified atom stereocenters. The van der Waals surface area contributed by atoms with E-state index in [9.17, 15) is 5.11 Å². The molecule has 3 nitrogen and oxygen atoms in total. The van der Waals surface area contributed by atoms with E-state index in [4.69, 9.17) is 4.74 Å². The minimum atomic E-state index is -0.0125. The van der Waals surface area contributed by atoms with Gasteiger partial charge in [0.25, 0.3) is 0 Å². The van der Waals surface area contributed by atoms with Crippen molar-refractivity contribution in [1.82, 2.24) is 4.90 Å². The number of hydrogen-bond acceptors (Lipinski definition) is 3. The van der Waals surface area contributed by atoms with Crippen molar-refractivity contribution in [2.24, 2.45) is 0 Å². The van der Waals surface area contributed by atoms with Crippen LogP contribution < -0.4 is 4.74 Å². The summed E-state index contributed by atoms with van der Waals surface area (Å²) in [4.78, 5) is 2.00. The normalized spacial score (nSPS) is 12.9. The highest BCUT2D eigenvalue weighted by molar-refractivity contribution is 5.39. The van der Waals surface area contributed by atoms with E-state index in [2.05, 4.69) is 19.1 Å². The van der Waals surface area contributed by atoms with Crippen molar-refractivity contribution in [1.29, 1.82) is 0 Å². The molecule has 0 amide bonds. The third kappa shape index (κ3) is 2.74. The molecular formula is C13H21NO2. The zero-order chi connectivity index (χ0) is 12.1. The summed E-state index contributed by atoms with van der Waals surface area (Å²) in [5.74, 6) is 0.838. The molecule has 0 aliphatic carbocycles. The first-order valence-electron chi connectivity index (χ1n) is 5.58. The number of ether oxygens (including phenoxy) is 1. The summed E-state index contributed by atoms with van der Waals surface area (Å²) >= 11 is 0. The lowest BCUT2D eigenvalue weighted by molar-refractivity contribution is 0.168. The van der Waals surface area contributed by atoms with Gasteiger partial charge < -0.3 is 14.7 Å². The molecule has 0 saturated heterocycles. The van der Waals surface area contributed by atoms with E-state index in [1.807, 2.05) is 25.1 Å². The Morgan fingerprint density at radius 2 is 2.06 bits per heavy atom. The van der Waals surface area contributed by atoms with Crippen LogP contribution in [0.2, 0.25) is 0 Å². The molecule has 0 saturated carbocycles. The monoisotopic (exact) mass is 223 g/mol. The number of rotatable bonds is 5. The first kappa shape index (κ1) is 13.0. The molecule has 0 radical (unpaired) electrons. The largest absolute Gasteiger partial charge is 0.496 e. The lowest BCUT2D eigenvalue weighted by Crippen LogP contribution is -2.23. The molecule has 0 bridgehead atoms. The van der Waals surface area contributed by atoms with Gasteiger partial charge in [0.15, 0.2) is 0 Å². The highest BCUT2D eigenvalue weighted by Gasteiger charge is 2.17. The predicted octanol–water partition coefficient (Wildman–Crippen LogP) is 1.85. The molecule has 0 heterocycles. The number of aryl methyl sites for hydroxylation is 1. The standard InChI is InChI=1S/C13H21NO2/c1-5-10-6-7-13(16-4)11(8-10)12(9-15)14(2)3/h6-8,12,15H,5,9H2,1-4H3. The Balaban J connectivity index is 3.15. The van der Waals surface area contributed by atoms with Gasteiger partial charge >= 0.3 is 0 Å². The highest BCUT2D eigenvalue weighted by atomic mass is 16.5. The number of likely N-dealkylation sites (N-methyl/N-ethyl adjacent to an activating group) is 1. The fourth-order valence-electron chi connectivity index (χ4n) is 1.80. The molecule has 0 fully saturated rings. The Morgan fingerprint density at radius 3 is 2.50 bits per heavy atom. The number of aliphatic hydroxyl groups excluding tert-OH is 1. The molecule has 1 aromatic carbocycles. The average Bonchev–Trinajstić information content (AvgIpc) is 2.29. The van der Waals surface area contributed by atoms with Gasteiger partial charge in [0, 0.05) is 5.56 Å². The van der Waals surface area contributed by atoms with Crippen molar-refractivity contribution in [2.75, 3.05) is 27.8 Å². The first-order chi connectivity index (χ1) is 7.63. The maximum atomic E-state index is 9.44. The number of methoxy groups -OCH3 is 1. The van der Waals surface area contributed by atoms with Crippen LogP contribution in [0.5, 0.6) is 5.75 Å². The molecular weight excluding hydrogens is 202 g/mol. The quantitative estimate of drug-likeness (QED) is 0.827. The molecule has 1 rings (SSSR count). The molecule has 0 aliphatic heterocycles. The van der Waals surface area contributed by atoms with Gasteiger partial charge in [-0.1, -0.05) is 19.1 Å².